The van der Waals surface area contributed by atoms with E-state index in [-0.39, 0.29) is 18.2 Å². The highest BCUT2D eigenvalue weighted by Crippen LogP contribution is 2.34. The summed E-state index contributed by atoms with van der Waals surface area (Å²) < 4.78 is 47.1. The molecular formula is C21H15F3N4O3S. The molecule has 0 fully saturated rings. The molecule has 4 aromatic rings. The number of anilines is 1. The first-order chi connectivity index (χ1) is 15.3. The van der Waals surface area contributed by atoms with Crippen molar-refractivity contribution >= 4 is 39.1 Å². The van der Waals surface area contributed by atoms with Crippen molar-refractivity contribution in [3.63, 3.8) is 0 Å². The SMILES string of the molecule is CCOC(=O)c1cnn(-c2ccc(NC(=O)c3ccc4ncsc4c3)cc2)c1C(F)(F)F. The largest absolute Gasteiger partial charge is 0.462 e. The zero-order valence-electron chi connectivity index (χ0n) is 16.5. The van der Waals surface area contributed by atoms with Gasteiger partial charge in [-0.2, -0.15) is 18.3 Å². The highest BCUT2D eigenvalue weighted by molar-refractivity contribution is 7.16. The van der Waals surface area contributed by atoms with Crippen molar-refractivity contribution in [1.82, 2.24) is 14.8 Å². The first-order valence-corrected chi connectivity index (χ1v) is 10.2. The molecule has 164 valence electrons. The Morgan fingerprint density at radius 1 is 1.16 bits per heavy atom. The number of hydrogen-bond acceptors (Lipinski definition) is 6. The number of esters is 1. The standard InChI is InChI=1S/C21H15F3N4O3S/c1-2-31-20(30)15-10-26-28(18(15)21(22,23)24)14-6-4-13(5-7-14)27-19(29)12-3-8-16-17(9-12)32-11-25-16/h3-11H,2H2,1H3,(H,27,29). The monoisotopic (exact) mass is 460 g/mol. The number of carbonyl (C=O) groups is 2. The fourth-order valence-corrected chi connectivity index (χ4v) is 3.78. The second-order valence-corrected chi connectivity index (χ2v) is 7.46. The molecule has 0 saturated heterocycles. The third-order valence-electron chi connectivity index (χ3n) is 4.50. The van der Waals surface area contributed by atoms with E-state index in [2.05, 4.69) is 15.4 Å². The number of nitrogens with one attached hydrogen (secondary N) is 1. The number of thiazole rings is 1. The molecule has 2 aromatic heterocycles. The van der Waals surface area contributed by atoms with Crippen LogP contribution in [-0.4, -0.2) is 33.2 Å². The second-order valence-electron chi connectivity index (χ2n) is 6.57. The Hall–Kier alpha value is -3.73. The molecule has 11 heteroatoms. The van der Waals surface area contributed by atoms with Gasteiger partial charge in [-0.1, -0.05) is 0 Å². The summed E-state index contributed by atoms with van der Waals surface area (Å²) in [4.78, 5) is 28.6. The molecule has 0 aliphatic carbocycles. The summed E-state index contributed by atoms with van der Waals surface area (Å²) in [5, 5.41) is 6.42. The predicted octanol–water partition coefficient (Wildman–Crippen LogP) is 4.93. The molecule has 0 bridgehead atoms. The molecule has 4 rings (SSSR count). The van der Waals surface area contributed by atoms with E-state index in [1.807, 2.05) is 0 Å². The third-order valence-corrected chi connectivity index (χ3v) is 5.29. The van der Waals surface area contributed by atoms with Gasteiger partial charge in [0.15, 0.2) is 5.69 Å². The molecule has 7 nitrogen and oxygen atoms in total. The Labute approximate surface area is 183 Å². The number of alkyl halides is 3. The van der Waals surface area contributed by atoms with Crippen LogP contribution in [0.15, 0.2) is 54.2 Å². The number of benzene rings is 2. The van der Waals surface area contributed by atoms with E-state index in [1.165, 1.54) is 42.5 Å². The van der Waals surface area contributed by atoms with Crippen molar-refractivity contribution in [2.24, 2.45) is 0 Å². The van der Waals surface area contributed by atoms with Gasteiger partial charge in [-0.15, -0.1) is 11.3 Å². The van der Waals surface area contributed by atoms with E-state index in [1.54, 1.807) is 23.7 Å². The maximum absolute atomic E-state index is 13.6. The molecule has 0 aliphatic heterocycles. The maximum Gasteiger partial charge on any atom is 0.434 e. The quantitative estimate of drug-likeness (QED) is 0.427. The van der Waals surface area contributed by atoms with Crippen LogP contribution in [0.25, 0.3) is 15.9 Å². The van der Waals surface area contributed by atoms with Crippen LogP contribution >= 0.6 is 11.3 Å². The fraction of sp³-hybridized carbons (Fsp3) is 0.143. The molecule has 2 heterocycles. The van der Waals surface area contributed by atoms with Gasteiger partial charge in [0.2, 0.25) is 0 Å². The van der Waals surface area contributed by atoms with Crippen molar-refractivity contribution in [3.8, 4) is 5.69 Å². The van der Waals surface area contributed by atoms with Crippen LogP contribution in [0.5, 0.6) is 0 Å². The first kappa shape index (κ1) is 21.5. The number of rotatable bonds is 5. The van der Waals surface area contributed by atoms with E-state index in [4.69, 9.17) is 4.74 Å². The smallest absolute Gasteiger partial charge is 0.434 e. The lowest BCUT2D eigenvalue weighted by atomic mass is 10.2. The molecule has 0 saturated carbocycles. The zero-order chi connectivity index (χ0) is 22.9. The van der Waals surface area contributed by atoms with Crippen molar-refractivity contribution in [2.75, 3.05) is 11.9 Å². The van der Waals surface area contributed by atoms with E-state index >= 15 is 0 Å². The van der Waals surface area contributed by atoms with Crippen LogP contribution in [-0.2, 0) is 10.9 Å². The average molecular weight is 460 g/mol. The lowest BCUT2D eigenvalue weighted by Crippen LogP contribution is -2.18. The Morgan fingerprint density at radius 3 is 2.59 bits per heavy atom. The fourth-order valence-electron chi connectivity index (χ4n) is 3.06. The van der Waals surface area contributed by atoms with Crippen molar-refractivity contribution in [2.45, 2.75) is 13.1 Å². The van der Waals surface area contributed by atoms with E-state index in [0.717, 1.165) is 16.4 Å². The number of ether oxygens (including phenoxy) is 1. The zero-order valence-corrected chi connectivity index (χ0v) is 17.3. The minimum atomic E-state index is -4.83. The molecule has 0 radical (unpaired) electrons. The molecule has 0 aliphatic rings. The van der Waals surface area contributed by atoms with Gasteiger partial charge in [-0.25, -0.2) is 14.5 Å². The summed E-state index contributed by atoms with van der Waals surface area (Å²) in [6.07, 6.45) is -4.01. The van der Waals surface area contributed by atoms with Crippen LogP contribution < -0.4 is 5.32 Å². The third kappa shape index (κ3) is 4.19. The summed E-state index contributed by atoms with van der Waals surface area (Å²) in [6, 6.07) is 10.7. The van der Waals surface area contributed by atoms with Gasteiger partial charge < -0.3 is 10.1 Å². The summed E-state index contributed by atoms with van der Waals surface area (Å²) >= 11 is 1.41. The summed E-state index contributed by atoms with van der Waals surface area (Å²) in [6.45, 7) is 1.43. The summed E-state index contributed by atoms with van der Waals surface area (Å²) in [7, 11) is 0. The summed E-state index contributed by atoms with van der Waals surface area (Å²) in [5.41, 5.74) is 1.45. The average Bonchev–Trinajstić information content (AvgIpc) is 3.41. The van der Waals surface area contributed by atoms with Gasteiger partial charge in [-0.3, -0.25) is 4.79 Å². The van der Waals surface area contributed by atoms with E-state index < -0.39 is 23.4 Å². The van der Waals surface area contributed by atoms with Crippen LogP contribution in [0.4, 0.5) is 18.9 Å². The number of aromatic nitrogens is 3. The number of amides is 1. The highest BCUT2D eigenvalue weighted by atomic mass is 32.1. The normalized spacial score (nSPS) is 11.5. The number of nitrogens with zero attached hydrogens (tertiary/aromatic N) is 3. The number of halogens is 3. The molecule has 0 unspecified atom stereocenters. The maximum atomic E-state index is 13.6. The summed E-state index contributed by atoms with van der Waals surface area (Å²) in [5.74, 6) is -1.47. The highest BCUT2D eigenvalue weighted by Gasteiger charge is 2.41. The Kier molecular flexibility index (Phi) is 5.66. The number of hydrogen-bond donors (Lipinski definition) is 1. The Morgan fingerprint density at radius 2 is 1.91 bits per heavy atom. The van der Waals surface area contributed by atoms with Gasteiger partial charge in [0, 0.05) is 11.3 Å². The molecule has 0 atom stereocenters. The van der Waals surface area contributed by atoms with Crippen LogP contribution in [0.3, 0.4) is 0 Å². The molecule has 1 N–H and O–H groups in total. The van der Waals surface area contributed by atoms with Gasteiger partial charge >= 0.3 is 12.1 Å². The lowest BCUT2D eigenvalue weighted by molar-refractivity contribution is -0.143. The Bertz CT molecular complexity index is 1300. The minimum absolute atomic E-state index is 0.0639. The van der Waals surface area contributed by atoms with Crippen molar-refractivity contribution in [3.05, 3.63) is 71.0 Å². The molecule has 0 spiro atoms. The topological polar surface area (TPSA) is 86.1 Å². The van der Waals surface area contributed by atoms with E-state index in [0.29, 0.717) is 15.9 Å². The number of carbonyl (C=O) groups excluding carboxylic acids is 2. The number of fused-ring (bicyclic) bond motifs is 1. The van der Waals surface area contributed by atoms with Gasteiger partial charge in [0.25, 0.3) is 5.91 Å². The molecule has 2 aromatic carbocycles. The molecule has 32 heavy (non-hydrogen) atoms. The van der Waals surface area contributed by atoms with Crippen LogP contribution in [0.2, 0.25) is 0 Å². The molecular weight excluding hydrogens is 445 g/mol. The van der Waals surface area contributed by atoms with Gasteiger partial charge in [-0.05, 0) is 49.4 Å². The minimum Gasteiger partial charge on any atom is -0.462 e. The Balaban J connectivity index is 1.58. The van der Waals surface area contributed by atoms with Crippen molar-refractivity contribution in [1.29, 1.82) is 0 Å². The van der Waals surface area contributed by atoms with Crippen LogP contribution in [0.1, 0.15) is 33.3 Å². The van der Waals surface area contributed by atoms with Gasteiger partial charge in [0.1, 0.15) is 5.56 Å². The lowest BCUT2D eigenvalue weighted by Gasteiger charge is -2.13. The van der Waals surface area contributed by atoms with Crippen LogP contribution in [0, 0.1) is 0 Å². The van der Waals surface area contributed by atoms with Crippen molar-refractivity contribution < 1.29 is 27.5 Å². The first-order valence-electron chi connectivity index (χ1n) is 9.35. The predicted molar refractivity (Wildman–Crippen MR) is 112 cm³/mol. The van der Waals surface area contributed by atoms with E-state index in [9.17, 15) is 22.8 Å². The second kappa shape index (κ2) is 8.42. The van der Waals surface area contributed by atoms with Gasteiger partial charge in [0.05, 0.1) is 34.2 Å². The molecule has 1 amide bonds.